The Bertz CT molecular complexity index is 505. The molecule has 1 heterocycles. The number of hydrogen-bond acceptors (Lipinski definition) is 3. The lowest BCUT2D eigenvalue weighted by atomic mass is 9.97. The van der Waals surface area contributed by atoms with Crippen LogP contribution in [0.3, 0.4) is 0 Å². The second kappa shape index (κ2) is 5.62. The lowest BCUT2D eigenvalue weighted by Gasteiger charge is -2.29. The molecule has 0 N–H and O–H groups in total. The van der Waals surface area contributed by atoms with Crippen molar-refractivity contribution in [2.45, 2.75) is 19.4 Å². The third-order valence-electron chi connectivity index (χ3n) is 3.35. The molecule has 92 valence electrons. The molecule has 1 aliphatic heterocycles. The zero-order valence-electron chi connectivity index (χ0n) is 10.1. The summed E-state index contributed by atoms with van der Waals surface area (Å²) in [6.07, 6.45) is 1.71. The third-order valence-corrected chi connectivity index (χ3v) is 3.35. The van der Waals surface area contributed by atoms with Gasteiger partial charge in [-0.2, -0.15) is 10.5 Å². The van der Waals surface area contributed by atoms with E-state index in [0.29, 0.717) is 12.1 Å². The van der Waals surface area contributed by atoms with Crippen LogP contribution in [0.5, 0.6) is 0 Å². The fourth-order valence-electron chi connectivity index (χ4n) is 2.26. The van der Waals surface area contributed by atoms with E-state index in [4.69, 9.17) is 10.5 Å². The van der Waals surface area contributed by atoms with Crippen molar-refractivity contribution in [1.82, 2.24) is 4.90 Å². The molecule has 1 saturated heterocycles. The van der Waals surface area contributed by atoms with Crippen LogP contribution in [0, 0.1) is 34.4 Å². The summed E-state index contributed by atoms with van der Waals surface area (Å²) in [6.45, 7) is 2.25. The van der Waals surface area contributed by atoms with Crippen molar-refractivity contribution in [2.24, 2.45) is 5.92 Å². The number of likely N-dealkylation sites (tertiary alicyclic amines) is 1. The van der Waals surface area contributed by atoms with E-state index in [1.54, 1.807) is 0 Å². The Kier molecular flexibility index (Phi) is 3.92. The molecule has 0 amide bonds. The van der Waals surface area contributed by atoms with E-state index in [-0.39, 0.29) is 11.7 Å². The first kappa shape index (κ1) is 12.5. The first-order valence-corrected chi connectivity index (χ1v) is 6.03. The van der Waals surface area contributed by atoms with Gasteiger partial charge in [-0.15, -0.1) is 0 Å². The summed E-state index contributed by atoms with van der Waals surface area (Å²) >= 11 is 0. The quantitative estimate of drug-likeness (QED) is 0.801. The number of rotatable bonds is 2. The highest BCUT2D eigenvalue weighted by Gasteiger charge is 2.19. The molecule has 0 spiro atoms. The summed E-state index contributed by atoms with van der Waals surface area (Å²) in [5, 5.41) is 17.8. The van der Waals surface area contributed by atoms with E-state index < -0.39 is 0 Å². The van der Waals surface area contributed by atoms with E-state index >= 15 is 0 Å². The molecule has 2 rings (SSSR count). The van der Waals surface area contributed by atoms with Gasteiger partial charge >= 0.3 is 0 Å². The van der Waals surface area contributed by atoms with Crippen LogP contribution < -0.4 is 0 Å². The molecular formula is C14H14FN3. The molecule has 0 radical (unpaired) electrons. The summed E-state index contributed by atoms with van der Waals surface area (Å²) < 4.78 is 13.2. The third kappa shape index (κ3) is 2.85. The maximum absolute atomic E-state index is 13.2. The molecule has 18 heavy (non-hydrogen) atoms. The van der Waals surface area contributed by atoms with Gasteiger partial charge in [0, 0.05) is 12.5 Å². The number of hydrogen-bond donors (Lipinski definition) is 0. The molecular weight excluding hydrogens is 229 g/mol. The lowest BCUT2D eigenvalue weighted by molar-refractivity contribution is 0.198. The molecule has 1 aromatic carbocycles. The summed E-state index contributed by atoms with van der Waals surface area (Å²) in [7, 11) is 0. The molecule has 0 atom stereocenters. The highest BCUT2D eigenvalue weighted by Crippen LogP contribution is 2.20. The van der Waals surface area contributed by atoms with Crippen LogP contribution in [0.1, 0.15) is 24.0 Å². The molecule has 0 bridgehead atoms. The predicted molar refractivity (Wildman–Crippen MR) is 64.7 cm³/mol. The van der Waals surface area contributed by atoms with Crippen molar-refractivity contribution in [1.29, 1.82) is 10.5 Å². The zero-order valence-corrected chi connectivity index (χ0v) is 10.1. The van der Waals surface area contributed by atoms with Gasteiger partial charge in [-0.25, -0.2) is 4.39 Å². The second-order valence-electron chi connectivity index (χ2n) is 4.59. The van der Waals surface area contributed by atoms with Gasteiger partial charge in [-0.3, -0.25) is 4.90 Å². The minimum Gasteiger partial charge on any atom is -0.299 e. The molecule has 0 saturated carbocycles. The first-order valence-electron chi connectivity index (χ1n) is 6.03. The van der Waals surface area contributed by atoms with Crippen LogP contribution in [-0.2, 0) is 6.54 Å². The Morgan fingerprint density at radius 1 is 1.28 bits per heavy atom. The average Bonchev–Trinajstić information content (AvgIpc) is 2.40. The topological polar surface area (TPSA) is 50.8 Å². The zero-order chi connectivity index (χ0) is 13.0. The lowest BCUT2D eigenvalue weighted by Crippen LogP contribution is -2.33. The first-order chi connectivity index (χ1) is 8.72. The van der Waals surface area contributed by atoms with Crippen LogP contribution in [-0.4, -0.2) is 18.0 Å². The average molecular weight is 243 g/mol. The summed E-state index contributed by atoms with van der Waals surface area (Å²) in [5.74, 6) is -0.167. The summed E-state index contributed by atoms with van der Waals surface area (Å²) in [6, 6.07) is 8.62. The Labute approximate surface area is 106 Å². The van der Waals surface area contributed by atoms with Crippen LogP contribution in [0.15, 0.2) is 18.2 Å². The van der Waals surface area contributed by atoms with Gasteiger partial charge in [0.2, 0.25) is 0 Å². The standard InChI is InChI=1S/C14H14FN3/c15-14-2-1-12(9-17)13(7-14)10-18-5-3-11(8-16)4-6-18/h1-2,7,11H,3-6,10H2. The van der Waals surface area contributed by atoms with E-state index in [2.05, 4.69) is 17.0 Å². The predicted octanol–water partition coefficient (Wildman–Crippen LogP) is 2.43. The van der Waals surface area contributed by atoms with E-state index in [1.807, 2.05) is 0 Å². The molecule has 1 aromatic rings. The van der Waals surface area contributed by atoms with Crippen LogP contribution in [0.4, 0.5) is 4.39 Å². The molecule has 0 aromatic heterocycles. The number of nitriles is 2. The van der Waals surface area contributed by atoms with Crippen molar-refractivity contribution >= 4 is 0 Å². The number of halogens is 1. The highest BCUT2D eigenvalue weighted by atomic mass is 19.1. The van der Waals surface area contributed by atoms with Crippen LogP contribution >= 0.6 is 0 Å². The monoisotopic (exact) mass is 243 g/mol. The van der Waals surface area contributed by atoms with Gasteiger partial charge in [-0.1, -0.05) is 0 Å². The maximum atomic E-state index is 13.2. The maximum Gasteiger partial charge on any atom is 0.123 e. The molecule has 0 unspecified atom stereocenters. The van der Waals surface area contributed by atoms with Gasteiger partial charge < -0.3 is 0 Å². The Hall–Kier alpha value is -1.91. The van der Waals surface area contributed by atoms with Crippen LogP contribution in [0.25, 0.3) is 0 Å². The van der Waals surface area contributed by atoms with Crippen molar-refractivity contribution in [3.8, 4) is 12.1 Å². The van der Waals surface area contributed by atoms with Gasteiger partial charge in [0.25, 0.3) is 0 Å². The Morgan fingerprint density at radius 2 is 2.00 bits per heavy atom. The smallest absolute Gasteiger partial charge is 0.123 e. The highest BCUT2D eigenvalue weighted by molar-refractivity contribution is 5.37. The molecule has 1 fully saturated rings. The van der Waals surface area contributed by atoms with Crippen LogP contribution in [0.2, 0.25) is 0 Å². The SMILES string of the molecule is N#Cc1ccc(F)cc1CN1CCC(C#N)CC1. The van der Waals surface area contributed by atoms with Crippen molar-refractivity contribution in [2.75, 3.05) is 13.1 Å². The minimum absolute atomic E-state index is 0.143. The van der Waals surface area contributed by atoms with Crippen molar-refractivity contribution in [3.05, 3.63) is 35.1 Å². The van der Waals surface area contributed by atoms with Crippen molar-refractivity contribution < 1.29 is 4.39 Å². The Balaban J connectivity index is 2.05. The fraction of sp³-hybridized carbons (Fsp3) is 0.429. The van der Waals surface area contributed by atoms with Gasteiger partial charge in [0.15, 0.2) is 0 Å². The van der Waals surface area contributed by atoms with E-state index in [0.717, 1.165) is 31.5 Å². The number of piperidine rings is 1. The van der Waals surface area contributed by atoms with Gasteiger partial charge in [0.1, 0.15) is 5.82 Å². The van der Waals surface area contributed by atoms with E-state index in [1.165, 1.54) is 18.2 Å². The largest absolute Gasteiger partial charge is 0.299 e. The number of benzene rings is 1. The van der Waals surface area contributed by atoms with Gasteiger partial charge in [0.05, 0.1) is 17.7 Å². The number of nitrogens with zero attached hydrogens (tertiary/aromatic N) is 3. The minimum atomic E-state index is -0.309. The second-order valence-corrected chi connectivity index (χ2v) is 4.59. The van der Waals surface area contributed by atoms with Gasteiger partial charge in [-0.05, 0) is 49.7 Å². The Morgan fingerprint density at radius 3 is 2.61 bits per heavy atom. The summed E-state index contributed by atoms with van der Waals surface area (Å²) in [4.78, 5) is 2.17. The molecule has 0 aliphatic carbocycles. The summed E-state index contributed by atoms with van der Waals surface area (Å²) in [5.41, 5.74) is 1.26. The normalized spacial score (nSPS) is 17.1. The molecule has 4 heteroatoms. The molecule has 3 nitrogen and oxygen atoms in total. The fourth-order valence-corrected chi connectivity index (χ4v) is 2.26. The van der Waals surface area contributed by atoms with Crippen molar-refractivity contribution in [3.63, 3.8) is 0 Å². The van der Waals surface area contributed by atoms with E-state index in [9.17, 15) is 4.39 Å². The molecule has 1 aliphatic rings.